The molecule has 1 heterocycles. The van der Waals surface area contributed by atoms with E-state index in [9.17, 15) is 9.59 Å². The van der Waals surface area contributed by atoms with Gasteiger partial charge in [0.05, 0.1) is 6.61 Å². The number of aliphatic carboxylic acids is 1. The zero-order chi connectivity index (χ0) is 14.3. The molecule has 0 bridgehead atoms. The summed E-state index contributed by atoms with van der Waals surface area (Å²) in [6, 6.07) is 3.24. The van der Waals surface area contributed by atoms with Gasteiger partial charge in [-0.2, -0.15) is 0 Å². The highest BCUT2D eigenvalue weighted by Gasteiger charge is 2.18. The Labute approximate surface area is 112 Å². The van der Waals surface area contributed by atoms with Gasteiger partial charge in [0.1, 0.15) is 12.2 Å². The lowest BCUT2D eigenvalue weighted by atomic mass is 10.3. The average molecular weight is 268 g/mol. The van der Waals surface area contributed by atoms with Crippen LogP contribution < -0.4 is 0 Å². The molecule has 6 nitrogen and oxygen atoms in total. The SMILES string of the molecule is CCCCN(CCO)C(=O)c1cccn1CC(=O)O. The van der Waals surface area contributed by atoms with E-state index in [1.54, 1.807) is 23.2 Å². The molecular weight excluding hydrogens is 248 g/mol. The maximum absolute atomic E-state index is 12.3. The molecule has 1 amide bonds. The largest absolute Gasteiger partial charge is 0.480 e. The number of nitrogens with zero attached hydrogens (tertiary/aromatic N) is 2. The summed E-state index contributed by atoms with van der Waals surface area (Å²) in [6.07, 6.45) is 3.37. The third kappa shape index (κ3) is 4.40. The second kappa shape index (κ2) is 7.58. The number of aromatic nitrogens is 1. The van der Waals surface area contributed by atoms with Gasteiger partial charge < -0.3 is 19.7 Å². The van der Waals surface area contributed by atoms with Gasteiger partial charge in [-0.25, -0.2) is 0 Å². The first-order valence-corrected chi connectivity index (χ1v) is 6.37. The Kier molecular flexibility index (Phi) is 6.08. The fourth-order valence-corrected chi connectivity index (χ4v) is 1.84. The molecule has 0 aromatic carbocycles. The molecular formula is C13H20N2O4. The standard InChI is InChI=1S/C13H20N2O4/c1-2-3-6-14(8-9-16)13(19)11-5-4-7-15(11)10-12(17)18/h4-5,7,16H,2-3,6,8-10H2,1H3,(H,17,18). The lowest BCUT2D eigenvalue weighted by Gasteiger charge is -2.22. The Morgan fingerprint density at radius 2 is 2.11 bits per heavy atom. The van der Waals surface area contributed by atoms with E-state index in [-0.39, 0.29) is 25.6 Å². The number of rotatable bonds is 8. The van der Waals surface area contributed by atoms with Crippen molar-refractivity contribution >= 4 is 11.9 Å². The minimum Gasteiger partial charge on any atom is -0.480 e. The normalized spacial score (nSPS) is 10.4. The summed E-state index contributed by atoms with van der Waals surface area (Å²) >= 11 is 0. The summed E-state index contributed by atoms with van der Waals surface area (Å²) in [5.41, 5.74) is 0.340. The van der Waals surface area contributed by atoms with Crippen molar-refractivity contribution in [1.29, 1.82) is 0 Å². The summed E-state index contributed by atoms with van der Waals surface area (Å²) in [7, 11) is 0. The Morgan fingerprint density at radius 1 is 1.37 bits per heavy atom. The molecule has 0 saturated carbocycles. The van der Waals surface area contributed by atoms with Gasteiger partial charge in [-0.1, -0.05) is 13.3 Å². The highest BCUT2D eigenvalue weighted by molar-refractivity contribution is 5.93. The van der Waals surface area contributed by atoms with E-state index in [2.05, 4.69) is 0 Å². The molecule has 19 heavy (non-hydrogen) atoms. The van der Waals surface area contributed by atoms with Crippen molar-refractivity contribution < 1.29 is 19.8 Å². The molecule has 2 N–H and O–H groups in total. The van der Waals surface area contributed by atoms with Crippen molar-refractivity contribution in [3.8, 4) is 0 Å². The predicted molar refractivity (Wildman–Crippen MR) is 70.0 cm³/mol. The first-order valence-electron chi connectivity index (χ1n) is 6.37. The van der Waals surface area contributed by atoms with Crippen molar-refractivity contribution in [1.82, 2.24) is 9.47 Å². The van der Waals surface area contributed by atoms with E-state index in [0.29, 0.717) is 12.2 Å². The van der Waals surface area contributed by atoms with Gasteiger partial charge in [0, 0.05) is 19.3 Å². The van der Waals surface area contributed by atoms with Crippen LogP contribution in [-0.4, -0.2) is 51.3 Å². The van der Waals surface area contributed by atoms with Crippen molar-refractivity contribution in [2.24, 2.45) is 0 Å². The van der Waals surface area contributed by atoms with E-state index in [0.717, 1.165) is 12.8 Å². The Hall–Kier alpha value is -1.82. The average Bonchev–Trinajstić information content (AvgIpc) is 2.80. The molecule has 0 aliphatic heterocycles. The van der Waals surface area contributed by atoms with Crippen molar-refractivity contribution in [2.75, 3.05) is 19.7 Å². The van der Waals surface area contributed by atoms with E-state index in [1.165, 1.54) is 4.57 Å². The molecule has 1 rings (SSSR count). The summed E-state index contributed by atoms with van der Waals surface area (Å²) < 4.78 is 1.40. The Bertz CT molecular complexity index is 428. The third-order valence-corrected chi connectivity index (χ3v) is 2.79. The number of aliphatic hydroxyl groups is 1. The van der Waals surface area contributed by atoms with Crippen molar-refractivity contribution in [2.45, 2.75) is 26.3 Å². The number of amides is 1. The number of unbranched alkanes of at least 4 members (excludes halogenated alkanes) is 1. The topological polar surface area (TPSA) is 82.8 Å². The maximum atomic E-state index is 12.3. The van der Waals surface area contributed by atoms with E-state index in [1.807, 2.05) is 6.92 Å². The number of carboxylic acids is 1. The fraction of sp³-hybridized carbons (Fsp3) is 0.538. The second-order valence-electron chi connectivity index (χ2n) is 4.28. The van der Waals surface area contributed by atoms with Gasteiger partial charge in [-0.3, -0.25) is 9.59 Å². The lowest BCUT2D eigenvalue weighted by molar-refractivity contribution is -0.137. The number of hydrogen-bond acceptors (Lipinski definition) is 3. The van der Waals surface area contributed by atoms with Crippen LogP contribution in [0, 0.1) is 0 Å². The molecule has 0 aliphatic rings. The zero-order valence-corrected chi connectivity index (χ0v) is 11.1. The van der Waals surface area contributed by atoms with Gasteiger partial charge in [0.2, 0.25) is 0 Å². The molecule has 6 heteroatoms. The van der Waals surface area contributed by atoms with Crippen LogP contribution in [0.25, 0.3) is 0 Å². The highest BCUT2D eigenvalue weighted by atomic mass is 16.4. The van der Waals surface area contributed by atoms with Gasteiger partial charge in [0.15, 0.2) is 0 Å². The summed E-state index contributed by atoms with van der Waals surface area (Å²) in [4.78, 5) is 24.6. The van der Waals surface area contributed by atoms with Crippen LogP contribution in [0.3, 0.4) is 0 Å². The van der Waals surface area contributed by atoms with Crippen LogP contribution in [0.4, 0.5) is 0 Å². The molecule has 0 aliphatic carbocycles. The molecule has 0 unspecified atom stereocenters. The lowest BCUT2D eigenvalue weighted by Crippen LogP contribution is -2.36. The summed E-state index contributed by atoms with van der Waals surface area (Å²) in [6.45, 7) is 2.50. The van der Waals surface area contributed by atoms with Crippen LogP contribution in [0.15, 0.2) is 18.3 Å². The van der Waals surface area contributed by atoms with E-state index < -0.39 is 5.97 Å². The smallest absolute Gasteiger partial charge is 0.323 e. The Balaban J connectivity index is 2.83. The molecule has 0 radical (unpaired) electrons. The van der Waals surface area contributed by atoms with Gasteiger partial charge in [-0.15, -0.1) is 0 Å². The minimum atomic E-state index is -0.993. The first-order chi connectivity index (χ1) is 9.10. The number of carbonyl (C=O) groups excluding carboxylic acids is 1. The fourth-order valence-electron chi connectivity index (χ4n) is 1.84. The molecule has 1 aromatic rings. The van der Waals surface area contributed by atoms with Crippen LogP contribution in [0.5, 0.6) is 0 Å². The number of carbonyl (C=O) groups is 2. The molecule has 106 valence electrons. The van der Waals surface area contributed by atoms with E-state index in [4.69, 9.17) is 10.2 Å². The van der Waals surface area contributed by atoms with Crippen LogP contribution in [0.2, 0.25) is 0 Å². The molecule has 0 spiro atoms. The first kappa shape index (κ1) is 15.2. The predicted octanol–water partition coefficient (Wildman–Crippen LogP) is 0.807. The number of aliphatic hydroxyl groups excluding tert-OH is 1. The van der Waals surface area contributed by atoms with Crippen molar-refractivity contribution in [3.05, 3.63) is 24.0 Å². The van der Waals surface area contributed by atoms with Gasteiger partial charge >= 0.3 is 5.97 Å². The molecule has 0 fully saturated rings. The number of hydrogen-bond donors (Lipinski definition) is 2. The molecule has 0 saturated heterocycles. The zero-order valence-electron chi connectivity index (χ0n) is 11.1. The maximum Gasteiger partial charge on any atom is 0.323 e. The van der Waals surface area contributed by atoms with Crippen LogP contribution in [0.1, 0.15) is 30.3 Å². The summed E-state index contributed by atoms with van der Waals surface area (Å²) in [5, 5.41) is 17.8. The van der Waals surface area contributed by atoms with Crippen LogP contribution >= 0.6 is 0 Å². The van der Waals surface area contributed by atoms with Gasteiger partial charge in [-0.05, 0) is 18.6 Å². The van der Waals surface area contributed by atoms with E-state index >= 15 is 0 Å². The van der Waals surface area contributed by atoms with Crippen molar-refractivity contribution in [3.63, 3.8) is 0 Å². The van der Waals surface area contributed by atoms with Crippen LogP contribution in [-0.2, 0) is 11.3 Å². The Morgan fingerprint density at radius 3 is 2.68 bits per heavy atom. The highest BCUT2D eigenvalue weighted by Crippen LogP contribution is 2.08. The summed E-state index contributed by atoms with van der Waals surface area (Å²) in [5.74, 6) is -1.23. The second-order valence-corrected chi connectivity index (χ2v) is 4.28. The molecule has 0 atom stereocenters. The third-order valence-electron chi connectivity index (χ3n) is 2.79. The monoisotopic (exact) mass is 268 g/mol. The minimum absolute atomic E-state index is 0.102. The molecule has 1 aromatic heterocycles. The van der Waals surface area contributed by atoms with Gasteiger partial charge in [0.25, 0.3) is 5.91 Å². The number of carboxylic acid groups (broad SMARTS) is 1. The quantitative estimate of drug-likeness (QED) is 0.731.